The Morgan fingerprint density at radius 1 is 1.19 bits per heavy atom. The minimum Gasteiger partial charge on any atom is -0.382 e. The third-order valence-electron chi connectivity index (χ3n) is 5.59. The van der Waals surface area contributed by atoms with Crippen LogP contribution in [-0.2, 0) is 6.42 Å². The predicted octanol–water partition coefficient (Wildman–Crippen LogP) is 2.72. The number of piperazine rings is 1. The maximum Gasteiger partial charge on any atom is 0.193 e. The summed E-state index contributed by atoms with van der Waals surface area (Å²) in [5, 5.41) is 21.1. The van der Waals surface area contributed by atoms with Crippen molar-refractivity contribution in [1.29, 1.82) is 5.26 Å². The highest BCUT2D eigenvalue weighted by molar-refractivity contribution is 7.14. The molecule has 0 radical (unpaired) electrons. The zero-order valence-electron chi connectivity index (χ0n) is 18.2. The molecule has 0 saturated carbocycles. The second-order valence-corrected chi connectivity index (χ2v) is 8.50. The molecule has 3 heterocycles. The number of aryl methyl sites for hydroxylation is 1. The molecule has 32 heavy (non-hydrogen) atoms. The van der Waals surface area contributed by atoms with Gasteiger partial charge < -0.3 is 20.9 Å². The molecule has 9 heteroatoms. The summed E-state index contributed by atoms with van der Waals surface area (Å²) in [4.78, 5) is 9.18. The number of para-hydroxylation sites is 1. The fourth-order valence-electron chi connectivity index (χ4n) is 3.92. The summed E-state index contributed by atoms with van der Waals surface area (Å²) >= 11 is 1.79. The van der Waals surface area contributed by atoms with Gasteiger partial charge in [-0.1, -0.05) is 18.2 Å². The second kappa shape index (κ2) is 10.2. The van der Waals surface area contributed by atoms with Gasteiger partial charge in [0, 0.05) is 39.8 Å². The van der Waals surface area contributed by atoms with E-state index in [0.717, 1.165) is 56.5 Å². The average molecular weight is 449 g/mol. The SMILES string of the molecule is CN=C(NCCCc1nn(-c2ccccc2)c(N)c1C#N)N1CCN(c2cccs2)CC1. The van der Waals surface area contributed by atoms with Crippen LogP contribution in [0.4, 0.5) is 10.8 Å². The van der Waals surface area contributed by atoms with E-state index >= 15 is 0 Å². The molecule has 0 amide bonds. The second-order valence-electron chi connectivity index (χ2n) is 7.57. The van der Waals surface area contributed by atoms with E-state index in [1.165, 1.54) is 5.00 Å². The van der Waals surface area contributed by atoms with E-state index in [9.17, 15) is 5.26 Å². The number of benzene rings is 1. The lowest BCUT2D eigenvalue weighted by molar-refractivity contribution is 0.373. The lowest BCUT2D eigenvalue weighted by atomic mass is 10.1. The Morgan fingerprint density at radius 3 is 2.62 bits per heavy atom. The van der Waals surface area contributed by atoms with E-state index in [-0.39, 0.29) is 0 Å². The number of nitrogen functional groups attached to an aromatic ring is 1. The molecule has 8 nitrogen and oxygen atoms in total. The van der Waals surface area contributed by atoms with Gasteiger partial charge in [-0.2, -0.15) is 10.4 Å². The van der Waals surface area contributed by atoms with Crippen LogP contribution in [0, 0.1) is 11.3 Å². The lowest BCUT2D eigenvalue weighted by Crippen LogP contribution is -2.52. The van der Waals surface area contributed by atoms with E-state index in [2.05, 4.69) is 48.8 Å². The van der Waals surface area contributed by atoms with Gasteiger partial charge >= 0.3 is 0 Å². The number of nitrogens with two attached hydrogens (primary N) is 1. The quantitative estimate of drug-likeness (QED) is 0.342. The molecule has 3 N–H and O–H groups in total. The number of nitriles is 1. The van der Waals surface area contributed by atoms with E-state index in [1.54, 1.807) is 16.0 Å². The molecule has 1 aliphatic rings. The van der Waals surface area contributed by atoms with Crippen molar-refractivity contribution in [2.24, 2.45) is 4.99 Å². The van der Waals surface area contributed by atoms with Crippen molar-refractivity contribution < 1.29 is 0 Å². The third-order valence-corrected chi connectivity index (χ3v) is 6.52. The first-order chi connectivity index (χ1) is 15.7. The van der Waals surface area contributed by atoms with Gasteiger partial charge in [-0.05, 0) is 42.5 Å². The van der Waals surface area contributed by atoms with Gasteiger partial charge in [-0.3, -0.25) is 4.99 Å². The summed E-state index contributed by atoms with van der Waals surface area (Å²) in [5.41, 5.74) is 8.25. The van der Waals surface area contributed by atoms with Crippen LogP contribution >= 0.6 is 11.3 Å². The summed E-state index contributed by atoms with van der Waals surface area (Å²) < 4.78 is 1.65. The van der Waals surface area contributed by atoms with Crippen molar-refractivity contribution in [1.82, 2.24) is 20.0 Å². The van der Waals surface area contributed by atoms with Crippen LogP contribution in [-0.4, -0.2) is 60.4 Å². The maximum atomic E-state index is 9.57. The molecule has 0 aliphatic carbocycles. The van der Waals surface area contributed by atoms with Crippen molar-refractivity contribution in [2.45, 2.75) is 12.8 Å². The Labute approximate surface area is 192 Å². The number of anilines is 2. The van der Waals surface area contributed by atoms with Gasteiger partial charge in [-0.15, -0.1) is 11.3 Å². The van der Waals surface area contributed by atoms with Crippen molar-refractivity contribution in [3.05, 3.63) is 59.1 Å². The smallest absolute Gasteiger partial charge is 0.193 e. The first-order valence-electron chi connectivity index (χ1n) is 10.8. The molecule has 0 unspecified atom stereocenters. The average Bonchev–Trinajstić information content (AvgIpc) is 3.48. The number of nitrogens with zero attached hydrogens (tertiary/aromatic N) is 6. The van der Waals surface area contributed by atoms with E-state index in [4.69, 9.17) is 5.73 Å². The standard InChI is InChI=1S/C23H28N8S/c1-26-23(30-14-12-29(13-15-30)21-10-6-16-32-21)27-11-5-9-20-19(17-24)22(25)31(28-20)18-7-3-2-4-8-18/h2-4,6-8,10,16H,5,9,11-15,25H2,1H3,(H,26,27). The molecule has 4 rings (SSSR count). The largest absolute Gasteiger partial charge is 0.382 e. The molecule has 0 atom stereocenters. The minimum absolute atomic E-state index is 0.390. The normalized spacial score (nSPS) is 14.4. The lowest BCUT2D eigenvalue weighted by Gasteiger charge is -2.37. The van der Waals surface area contributed by atoms with Gasteiger partial charge in [0.15, 0.2) is 5.96 Å². The molecular weight excluding hydrogens is 420 g/mol. The van der Waals surface area contributed by atoms with Crippen LogP contribution in [0.3, 0.4) is 0 Å². The summed E-state index contributed by atoms with van der Waals surface area (Å²) in [7, 11) is 1.82. The molecule has 166 valence electrons. The summed E-state index contributed by atoms with van der Waals surface area (Å²) in [6.45, 7) is 4.61. The number of hydrogen-bond acceptors (Lipinski definition) is 6. The topological polar surface area (TPSA) is 98.5 Å². The first-order valence-corrected chi connectivity index (χ1v) is 11.7. The molecule has 1 aromatic carbocycles. The molecule has 0 bridgehead atoms. The number of aromatic nitrogens is 2. The molecule has 3 aromatic rings. The van der Waals surface area contributed by atoms with Crippen molar-refractivity contribution in [2.75, 3.05) is 50.4 Å². The van der Waals surface area contributed by atoms with E-state index in [0.29, 0.717) is 17.8 Å². The number of aliphatic imine (C=N–C) groups is 1. The van der Waals surface area contributed by atoms with Gasteiger partial charge in [0.1, 0.15) is 17.5 Å². The number of nitrogens with one attached hydrogen (secondary N) is 1. The van der Waals surface area contributed by atoms with Crippen LogP contribution < -0.4 is 16.0 Å². The first kappa shape index (κ1) is 21.7. The maximum absolute atomic E-state index is 9.57. The monoisotopic (exact) mass is 448 g/mol. The zero-order chi connectivity index (χ0) is 22.3. The van der Waals surface area contributed by atoms with Crippen LogP contribution in [0.25, 0.3) is 5.69 Å². The fourth-order valence-corrected chi connectivity index (χ4v) is 4.70. The fraction of sp³-hybridized carbons (Fsp3) is 0.348. The van der Waals surface area contributed by atoms with Crippen molar-refractivity contribution in [3.63, 3.8) is 0 Å². The third kappa shape index (κ3) is 4.70. The molecule has 0 spiro atoms. The summed E-state index contributed by atoms with van der Waals surface area (Å²) in [6.07, 6.45) is 1.50. The molecule has 2 aromatic heterocycles. The Balaban J connectivity index is 1.30. The number of hydrogen-bond donors (Lipinski definition) is 2. The molecular formula is C23H28N8S. The molecule has 1 aliphatic heterocycles. The highest BCUT2D eigenvalue weighted by Gasteiger charge is 2.20. The summed E-state index contributed by atoms with van der Waals surface area (Å²) in [6, 6.07) is 16.1. The molecule has 1 fully saturated rings. The van der Waals surface area contributed by atoms with Gasteiger partial charge in [-0.25, -0.2) is 4.68 Å². The zero-order valence-corrected chi connectivity index (χ0v) is 19.1. The highest BCUT2D eigenvalue weighted by Crippen LogP contribution is 2.23. The van der Waals surface area contributed by atoms with E-state index < -0.39 is 0 Å². The van der Waals surface area contributed by atoms with Crippen molar-refractivity contribution in [3.8, 4) is 11.8 Å². The number of rotatable bonds is 6. The van der Waals surface area contributed by atoms with Crippen molar-refractivity contribution >= 4 is 28.1 Å². The Hall–Kier alpha value is -3.51. The van der Waals surface area contributed by atoms with Crippen LogP contribution in [0.1, 0.15) is 17.7 Å². The Bertz CT molecular complexity index is 1070. The van der Waals surface area contributed by atoms with Gasteiger partial charge in [0.2, 0.25) is 0 Å². The minimum atomic E-state index is 0.390. The van der Waals surface area contributed by atoms with Crippen LogP contribution in [0.2, 0.25) is 0 Å². The van der Waals surface area contributed by atoms with Crippen LogP contribution in [0.5, 0.6) is 0 Å². The highest BCUT2D eigenvalue weighted by atomic mass is 32.1. The molecule has 1 saturated heterocycles. The van der Waals surface area contributed by atoms with Crippen LogP contribution in [0.15, 0.2) is 52.8 Å². The summed E-state index contributed by atoms with van der Waals surface area (Å²) in [5.74, 6) is 1.31. The van der Waals surface area contributed by atoms with E-state index in [1.807, 2.05) is 37.4 Å². The Morgan fingerprint density at radius 2 is 1.97 bits per heavy atom. The number of guanidine groups is 1. The predicted molar refractivity (Wildman–Crippen MR) is 130 cm³/mol. The number of thiophene rings is 1. The van der Waals surface area contributed by atoms with Gasteiger partial charge in [0.05, 0.1) is 16.4 Å². The van der Waals surface area contributed by atoms with Gasteiger partial charge in [0.25, 0.3) is 0 Å². The Kier molecular flexibility index (Phi) is 6.92.